The molecule has 1 aromatic rings. The highest BCUT2D eigenvalue weighted by Gasteiger charge is 2.32. The van der Waals surface area contributed by atoms with E-state index >= 15 is 0 Å². The molecule has 1 rings (SSSR count). The van der Waals surface area contributed by atoms with Gasteiger partial charge in [-0.15, -0.1) is 0 Å². The Morgan fingerprint density at radius 2 is 1.80 bits per heavy atom. The summed E-state index contributed by atoms with van der Waals surface area (Å²) in [6, 6.07) is 7.89. The van der Waals surface area contributed by atoms with Crippen LogP contribution >= 0.6 is 0 Å². The molecule has 1 aromatic carbocycles. The molecule has 0 aliphatic carbocycles. The summed E-state index contributed by atoms with van der Waals surface area (Å²) in [5.41, 5.74) is 6.24. The van der Waals surface area contributed by atoms with Crippen molar-refractivity contribution in [3.05, 3.63) is 35.9 Å². The molecule has 20 heavy (non-hydrogen) atoms. The molecule has 4 N–H and O–H groups in total. The summed E-state index contributed by atoms with van der Waals surface area (Å²) in [5.74, 6) is -1.40. The van der Waals surface area contributed by atoms with Crippen molar-refractivity contribution in [3.8, 4) is 0 Å². The summed E-state index contributed by atoms with van der Waals surface area (Å²) in [4.78, 5) is 23.1. The average Bonchev–Trinajstić information content (AvgIpc) is 2.35. The zero-order valence-electron chi connectivity index (χ0n) is 12.1. The van der Waals surface area contributed by atoms with Crippen LogP contribution in [0.1, 0.15) is 38.8 Å². The number of amides is 1. The largest absolute Gasteiger partial charge is 0.480 e. The molecule has 0 spiro atoms. The van der Waals surface area contributed by atoms with Gasteiger partial charge in [-0.2, -0.15) is 0 Å². The van der Waals surface area contributed by atoms with E-state index < -0.39 is 23.5 Å². The average molecular weight is 278 g/mol. The Hall–Kier alpha value is -1.88. The quantitative estimate of drug-likeness (QED) is 0.764. The minimum Gasteiger partial charge on any atom is -0.480 e. The lowest BCUT2D eigenvalue weighted by atomic mass is 9.86. The molecule has 5 nitrogen and oxygen atoms in total. The number of hydrogen-bond donors (Lipinski definition) is 3. The van der Waals surface area contributed by atoms with E-state index in [0.717, 1.165) is 5.56 Å². The zero-order valence-corrected chi connectivity index (χ0v) is 12.1. The number of hydrogen-bond acceptors (Lipinski definition) is 3. The Balaban J connectivity index is 2.65. The molecule has 2 atom stereocenters. The van der Waals surface area contributed by atoms with Crippen molar-refractivity contribution >= 4 is 11.9 Å². The number of rotatable bonds is 5. The maximum Gasteiger partial charge on any atom is 0.326 e. The highest BCUT2D eigenvalue weighted by molar-refractivity contribution is 5.84. The number of aliphatic carboxylic acids is 1. The molecule has 0 heterocycles. The second-order valence-corrected chi connectivity index (χ2v) is 5.93. The SMILES string of the molecule is CC(C)(C)[C@@H](NC(=O)CC(N)c1ccccc1)C(=O)O. The van der Waals surface area contributed by atoms with E-state index in [1.807, 2.05) is 30.3 Å². The van der Waals surface area contributed by atoms with Gasteiger partial charge in [-0.1, -0.05) is 51.1 Å². The summed E-state index contributed by atoms with van der Waals surface area (Å²) in [6.07, 6.45) is 0.0594. The molecule has 0 aromatic heterocycles. The van der Waals surface area contributed by atoms with Crippen molar-refractivity contribution < 1.29 is 14.7 Å². The fraction of sp³-hybridized carbons (Fsp3) is 0.467. The Labute approximate surface area is 119 Å². The predicted molar refractivity (Wildman–Crippen MR) is 77.0 cm³/mol. The maximum atomic E-state index is 11.9. The van der Waals surface area contributed by atoms with Crippen molar-refractivity contribution in [1.82, 2.24) is 5.32 Å². The van der Waals surface area contributed by atoms with Crippen molar-refractivity contribution in [1.29, 1.82) is 0 Å². The third-order valence-corrected chi connectivity index (χ3v) is 3.05. The van der Waals surface area contributed by atoms with Gasteiger partial charge in [0.2, 0.25) is 5.91 Å². The Morgan fingerprint density at radius 3 is 2.25 bits per heavy atom. The van der Waals surface area contributed by atoms with Crippen molar-refractivity contribution in [2.75, 3.05) is 0 Å². The van der Waals surface area contributed by atoms with Crippen molar-refractivity contribution in [2.24, 2.45) is 11.1 Å². The number of carbonyl (C=O) groups is 2. The first-order valence-electron chi connectivity index (χ1n) is 6.54. The minimum atomic E-state index is -1.04. The normalized spacial score (nSPS) is 14.4. The van der Waals surface area contributed by atoms with E-state index in [2.05, 4.69) is 5.32 Å². The number of carbonyl (C=O) groups excluding carboxylic acids is 1. The summed E-state index contributed by atoms with van der Waals surface area (Å²) in [7, 11) is 0. The van der Waals surface area contributed by atoms with Gasteiger partial charge in [0.15, 0.2) is 0 Å². The summed E-state index contributed by atoms with van der Waals surface area (Å²) >= 11 is 0. The van der Waals surface area contributed by atoms with Crippen molar-refractivity contribution in [2.45, 2.75) is 39.3 Å². The third-order valence-electron chi connectivity index (χ3n) is 3.05. The second kappa shape index (κ2) is 6.52. The molecule has 0 aliphatic heterocycles. The molecule has 1 unspecified atom stereocenters. The van der Waals surface area contributed by atoms with E-state index in [-0.39, 0.29) is 12.3 Å². The first kappa shape index (κ1) is 16.2. The van der Waals surface area contributed by atoms with Gasteiger partial charge in [0.1, 0.15) is 6.04 Å². The first-order chi connectivity index (χ1) is 9.21. The molecule has 0 aliphatic rings. The van der Waals surface area contributed by atoms with Gasteiger partial charge in [-0.05, 0) is 11.0 Å². The second-order valence-electron chi connectivity index (χ2n) is 5.93. The predicted octanol–water partition coefficient (Wildman–Crippen LogP) is 1.69. The van der Waals surface area contributed by atoms with Gasteiger partial charge < -0.3 is 16.2 Å². The lowest BCUT2D eigenvalue weighted by molar-refractivity contribution is -0.145. The fourth-order valence-corrected chi connectivity index (χ4v) is 1.89. The van der Waals surface area contributed by atoms with E-state index in [1.54, 1.807) is 20.8 Å². The minimum absolute atomic E-state index is 0.0594. The molecular formula is C15H22N2O3. The standard InChI is InChI=1S/C15H22N2O3/c1-15(2,3)13(14(19)20)17-12(18)9-11(16)10-7-5-4-6-8-10/h4-8,11,13H,9,16H2,1-3H3,(H,17,18)(H,19,20)/t11?,13-/m0/s1. The van der Waals surface area contributed by atoms with E-state index in [1.165, 1.54) is 0 Å². The third kappa shape index (κ3) is 4.66. The molecule has 5 heteroatoms. The van der Waals surface area contributed by atoms with Crippen LogP contribution in [-0.2, 0) is 9.59 Å². The summed E-state index contributed by atoms with van der Waals surface area (Å²) in [6.45, 7) is 5.30. The smallest absolute Gasteiger partial charge is 0.326 e. The van der Waals surface area contributed by atoms with Gasteiger partial charge >= 0.3 is 5.97 Å². The lowest BCUT2D eigenvalue weighted by Crippen LogP contribution is -2.49. The van der Waals surface area contributed by atoms with Crippen LogP contribution in [0.25, 0.3) is 0 Å². The van der Waals surface area contributed by atoms with Gasteiger partial charge in [0.05, 0.1) is 0 Å². The van der Waals surface area contributed by atoms with E-state index in [0.29, 0.717) is 0 Å². The van der Waals surface area contributed by atoms with Gasteiger partial charge in [0, 0.05) is 12.5 Å². The number of carboxylic acids is 1. The summed E-state index contributed by atoms with van der Waals surface area (Å²) < 4.78 is 0. The Bertz CT molecular complexity index is 466. The zero-order chi connectivity index (χ0) is 15.3. The van der Waals surface area contributed by atoms with Crippen LogP contribution in [0.15, 0.2) is 30.3 Å². The van der Waals surface area contributed by atoms with E-state index in [4.69, 9.17) is 10.8 Å². The van der Waals surface area contributed by atoms with Gasteiger partial charge in [-0.3, -0.25) is 4.79 Å². The fourth-order valence-electron chi connectivity index (χ4n) is 1.89. The number of carboxylic acid groups (broad SMARTS) is 1. The van der Waals surface area contributed by atoms with Gasteiger partial charge in [0.25, 0.3) is 0 Å². The highest BCUT2D eigenvalue weighted by atomic mass is 16.4. The molecule has 0 fully saturated rings. The Morgan fingerprint density at radius 1 is 1.25 bits per heavy atom. The molecule has 0 radical (unpaired) electrons. The van der Waals surface area contributed by atoms with Crippen LogP contribution in [0, 0.1) is 5.41 Å². The van der Waals surface area contributed by atoms with Crippen LogP contribution in [0.4, 0.5) is 0 Å². The Kier molecular flexibility index (Phi) is 5.27. The van der Waals surface area contributed by atoms with Crippen LogP contribution in [0.5, 0.6) is 0 Å². The highest BCUT2D eigenvalue weighted by Crippen LogP contribution is 2.20. The monoisotopic (exact) mass is 278 g/mol. The molecule has 110 valence electrons. The van der Waals surface area contributed by atoms with E-state index in [9.17, 15) is 9.59 Å². The molecular weight excluding hydrogens is 256 g/mol. The summed E-state index contributed by atoms with van der Waals surface area (Å²) in [5, 5.41) is 11.7. The van der Waals surface area contributed by atoms with Crippen LogP contribution in [0.2, 0.25) is 0 Å². The maximum absolute atomic E-state index is 11.9. The number of nitrogens with one attached hydrogen (secondary N) is 1. The first-order valence-corrected chi connectivity index (χ1v) is 6.54. The number of benzene rings is 1. The van der Waals surface area contributed by atoms with Crippen LogP contribution < -0.4 is 11.1 Å². The number of nitrogens with two attached hydrogens (primary N) is 1. The van der Waals surface area contributed by atoms with Crippen LogP contribution in [0.3, 0.4) is 0 Å². The topological polar surface area (TPSA) is 92.4 Å². The molecule has 0 saturated carbocycles. The van der Waals surface area contributed by atoms with Crippen LogP contribution in [-0.4, -0.2) is 23.0 Å². The molecule has 1 amide bonds. The van der Waals surface area contributed by atoms with Crippen molar-refractivity contribution in [3.63, 3.8) is 0 Å². The molecule has 0 saturated heterocycles. The molecule has 0 bridgehead atoms. The van der Waals surface area contributed by atoms with Gasteiger partial charge in [-0.25, -0.2) is 4.79 Å². The lowest BCUT2D eigenvalue weighted by Gasteiger charge is -2.28.